The molecule has 6 nitrogen and oxygen atoms in total. The second-order valence-corrected chi connectivity index (χ2v) is 5.93. The molecule has 1 fully saturated rings. The summed E-state index contributed by atoms with van der Waals surface area (Å²) in [7, 11) is 0. The highest BCUT2D eigenvalue weighted by Crippen LogP contribution is 2.22. The van der Waals surface area contributed by atoms with Crippen molar-refractivity contribution in [3.8, 4) is 5.75 Å². The van der Waals surface area contributed by atoms with Crippen molar-refractivity contribution in [1.29, 1.82) is 0 Å². The number of nitrogens with zero attached hydrogens (tertiary/aromatic N) is 3. The third-order valence-corrected chi connectivity index (χ3v) is 3.74. The highest BCUT2D eigenvalue weighted by molar-refractivity contribution is 5.94. The van der Waals surface area contributed by atoms with E-state index < -0.39 is 0 Å². The van der Waals surface area contributed by atoms with Gasteiger partial charge in [0.1, 0.15) is 11.9 Å². The number of carbonyl (C=O) groups is 1. The van der Waals surface area contributed by atoms with Crippen LogP contribution in [0.4, 0.5) is 0 Å². The molecule has 1 atom stereocenters. The number of amides is 1. The summed E-state index contributed by atoms with van der Waals surface area (Å²) < 4.78 is 11.3. The zero-order valence-electron chi connectivity index (χ0n) is 13.9. The minimum absolute atomic E-state index is 0.0108. The van der Waals surface area contributed by atoms with Crippen molar-refractivity contribution < 1.29 is 14.3 Å². The molecule has 1 aliphatic heterocycles. The molecule has 0 unspecified atom stereocenters. The first-order valence-electron chi connectivity index (χ1n) is 8.07. The van der Waals surface area contributed by atoms with E-state index in [1.54, 1.807) is 35.6 Å². The number of hydrogen-bond acceptors (Lipinski definition) is 5. The quantitative estimate of drug-likeness (QED) is 0.863. The first-order valence-corrected chi connectivity index (χ1v) is 8.07. The number of rotatable bonds is 4. The van der Waals surface area contributed by atoms with E-state index in [-0.39, 0.29) is 18.1 Å². The zero-order valence-corrected chi connectivity index (χ0v) is 13.9. The molecule has 0 radical (unpaired) electrons. The SMILES string of the molecule is CC(C)Oc1ccc(C(=O)N2CCO[C@H](c3cnccn3)C2)cc1. The van der Waals surface area contributed by atoms with Gasteiger partial charge in [-0.15, -0.1) is 0 Å². The van der Waals surface area contributed by atoms with Gasteiger partial charge in [0.25, 0.3) is 5.91 Å². The molecule has 24 heavy (non-hydrogen) atoms. The normalized spacial score (nSPS) is 17.8. The number of carbonyl (C=O) groups excluding carboxylic acids is 1. The van der Waals surface area contributed by atoms with Crippen LogP contribution in [0.15, 0.2) is 42.9 Å². The summed E-state index contributed by atoms with van der Waals surface area (Å²) in [4.78, 5) is 22.8. The maximum Gasteiger partial charge on any atom is 0.254 e. The molecule has 1 aromatic heterocycles. The molecule has 1 aliphatic rings. The van der Waals surface area contributed by atoms with Gasteiger partial charge in [-0.3, -0.25) is 14.8 Å². The fourth-order valence-corrected chi connectivity index (χ4v) is 2.62. The smallest absolute Gasteiger partial charge is 0.254 e. The minimum Gasteiger partial charge on any atom is -0.491 e. The Morgan fingerprint density at radius 3 is 2.75 bits per heavy atom. The lowest BCUT2D eigenvalue weighted by molar-refractivity contribution is -0.0249. The van der Waals surface area contributed by atoms with Crippen LogP contribution in [0.25, 0.3) is 0 Å². The highest BCUT2D eigenvalue weighted by Gasteiger charge is 2.27. The third-order valence-electron chi connectivity index (χ3n) is 3.74. The largest absolute Gasteiger partial charge is 0.491 e. The Balaban J connectivity index is 1.68. The summed E-state index contributed by atoms with van der Waals surface area (Å²) in [6, 6.07) is 7.25. The Morgan fingerprint density at radius 1 is 1.29 bits per heavy atom. The fourth-order valence-electron chi connectivity index (χ4n) is 2.62. The van der Waals surface area contributed by atoms with Crippen molar-refractivity contribution in [3.05, 3.63) is 54.1 Å². The van der Waals surface area contributed by atoms with Gasteiger partial charge in [0.15, 0.2) is 0 Å². The summed E-state index contributed by atoms with van der Waals surface area (Å²) in [5, 5.41) is 0. The van der Waals surface area contributed by atoms with Gasteiger partial charge in [-0.05, 0) is 38.1 Å². The van der Waals surface area contributed by atoms with Crippen LogP contribution in [0, 0.1) is 0 Å². The van der Waals surface area contributed by atoms with Gasteiger partial charge in [-0.1, -0.05) is 0 Å². The molecular formula is C18H21N3O3. The van der Waals surface area contributed by atoms with Gasteiger partial charge in [-0.25, -0.2) is 0 Å². The molecule has 0 aliphatic carbocycles. The highest BCUT2D eigenvalue weighted by atomic mass is 16.5. The monoisotopic (exact) mass is 327 g/mol. The van der Waals surface area contributed by atoms with E-state index in [4.69, 9.17) is 9.47 Å². The average molecular weight is 327 g/mol. The number of morpholine rings is 1. The topological polar surface area (TPSA) is 64.5 Å². The van der Waals surface area contributed by atoms with Crippen LogP contribution in [-0.2, 0) is 4.74 Å². The fraction of sp³-hybridized carbons (Fsp3) is 0.389. The summed E-state index contributed by atoms with van der Waals surface area (Å²) in [5.74, 6) is 0.754. The lowest BCUT2D eigenvalue weighted by atomic mass is 10.1. The Morgan fingerprint density at radius 2 is 2.08 bits per heavy atom. The first kappa shape index (κ1) is 16.4. The summed E-state index contributed by atoms with van der Waals surface area (Å²) in [5.41, 5.74) is 1.39. The number of ether oxygens (including phenoxy) is 2. The number of benzene rings is 1. The van der Waals surface area contributed by atoms with E-state index in [1.165, 1.54) is 0 Å². The lowest BCUT2D eigenvalue weighted by Crippen LogP contribution is -2.42. The van der Waals surface area contributed by atoms with Gasteiger partial charge < -0.3 is 14.4 Å². The second kappa shape index (κ2) is 7.40. The van der Waals surface area contributed by atoms with E-state index in [0.717, 1.165) is 11.4 Å². The van der Waals surface area contributed by atoms with E-state index in [1.807, 2.05) is 26.0 Å². The van der Waals surface area contributed by atoms with Crippen molar-refractivity contribution in [2.45, 2.75) is 26.1 Å². The van der Waals surface area contributed by atoms with Crippen molar-refractivity contribution in [3.63, 3.8) is 0 Å². The summed E-state index contributed by atoms with van der Waals surface area (Å²) >= 11 is 0. The van der Waals surface area contributed by atoms with Crippen molar-refractivity contribution >= 4 is 5.91 Å². The van der Waals surface area contributed by atoms with Crippen LogP contribution in [-0.4, -0.2) is 46.6 Å². The predicted molar refractivity (Wildman–Crippen MR) is 88.8 cm³/mol. The van der Waals surface area contributed by atoms with Gasteiger partial charge in [-0.2, -0.15) is 0 Å². The third kappa shape index (κ3) is 3.89. The van der Waals surface area contributed by atoms with Crippen LogP contribution >= 0.6 is 0 Å². The van der Waals surface area contributed by atoms with E-state index in [0.29, 0.717) is 25.3 Å². The van der Waals surface area contributed by atoms with Crippen LogP contribution in [0.3, 0.4) is 0 Å². The molecule has 3 rings (SSSR count). The predicted octanol–water partition coefficient (Wildman–Crippen LogP) is 2.48. The molecule has 1 amide bonds. The molecule has 1 aromatic carbocycles. The second-order valence-electron chi connectivity index (χ2n) is 5.93. The molecule has 2 heterocycles. The number of aromatic nitrogens is 2. The van der Waals surface area contributed by atoms with Gasteiger partial charge in [0.05, 0.1) is 31.1 Å². The molecule has 1 saturated heterocycles. The molecule has 126 valence electrons. The average Bonchev–Trinajstić information content (AvgIpc) is 2.62. The Kier molecular flexibility index (Phi) is 5.05. The summed E-state index contributed by atoms with van der Waals surface area (Å²) in [6.45, 7) is 5.47. The number of hydrogen-bond donors (Lipinski definition) is 0. The summed E-state index contributed by atoms with van der Waals surface area (Å²) in [6.07, 6.45) is 4.80. The minimum atomic E-state index is -0.236. The van der Waals surface area contributed by atoms with Crippen LogP contribution in [0.1, 0.15) is 36.0 Å². The van der Waals surface area contributed by atoms with E-state index >= 15 is 0 Å². The molecule has 6 heteroatoms. The van der Waals surface area contributed by atoms with Crippen LogP contribution < -0.4 is 4.74 Å². The lowest BCUT2D eigenvalue weighted by Gasteiger charge is -2.32. The van der Waals surface area contributed by atoms with Crippen molar-refractivity contribution in [2.75, 3.05) is 19.7 Å². The van der Waals surface area contributed by atoms with Crippen molar-refractivity contribution in [2.24, 2.45) is 0 Å². The molecule has 2 aromatic rings. The van der Waals surface area contributed by atoms with Gasteiger partial charge in [0, 0.05) is 24.5 Å². The Hall–Kier alpha value is -2.47. The van der Waals surface area contributed by atoms with Crippen LogP contribution in [0.2, 0.25) is 0 Å². The maximum absolute atomic E-state index is 12.7. The molecule has 0 spiro atoms. The van der Waals surface area contributed by atoms with E-state index in [9.17, 15) is 4.79 Å². The molecule has 0 bridgehead atoms. The Labute approximate surface area is 141 Å². The van der Waals surface area contributed by atoms with Gasteiger partial charge in [0.2, 0.25) is 0 Å². The first-order chi connectivity index (χ1) is 11.6. The van der Waals surface area contributed by atoms with E-state index in [2.05, 4.69) is 9.97 Å². The van der Waals surface area contributed by atoms with Crippen LogP contribution in [0.5, 0.6) is 5.75 Å². The Bertz CT molecular complexity index is 674. The molecule has 0 N–H and O–H groups in total. The molecule has 0 saturated carbocycles. The standard InChI is InChI=1S/C18H21N3O3/c1-13(2)24-15-5-3-14(4-6-15)18(22)21-9-10-23-17(12-21)16-11-19-7-8-20-16/h3-8,11,13,17H,9-10,12H2,1-2H3/t17-/m0/s1. The van der Waals surface area contributed by atoms with Crippen molar-refractivity contribution in [1.82, 2.24) is 14.9 Å². The maximum atomic E-state index is 12.7. The van der Waals surface area contributed by atoms with Gasteiger partial charge >= 0.3 is 0 Å². The molecular weight excluding hydrogens is 306 g/mol. The zero-order chi connectivity index (χ0) is 16.9.